The number of methoxy groups -OCH3 is 2. The first-order chi connectivity index (χ1) is 22.1. The molecule has 2 heterocycles. The van der Waals surface area contributed by atoms with Crippen LogP contribution < -0.4 is 10.6 Å². The van der Waals surface area contributed by atoms with E-state index in [1.165, 1.54) is 43.5 Å². The van der Waals surface area contributed by atoms with E-state index in [0.717, 1.165) is 0 Å². The molecule has 1 unspecified atom stereocenters. The maximum Gasteiger partial charge on any atom is 0.337 e. The van der Waals surface area contributed by atoms with E-state index >= 15 is 0 Å². The van der Waals surface area contributed by atoms with Gasteiger partial charge in [0.05, 0.1) is 42.1 Å². The molecule has 0 saturated carbocycles. The number of Topliss-reactive ketones (excluding diaryl/α,β-unsaturated/α-hetero) is 1. The van der Waals surface area contributed by atoms with Gasteiger partial charge in [-0.15, -0.1) is 0 Å². The van der Waals surface area contributed by atoms with E-state index in [-0.39, 0.29) is 54.0 Å². The zero-order chi connectivity index (χ0) is 33.0. The first-order valence-corrected chi connectivity index (χ1v) is 14.3. The molecule has 13 nitrogen and oxygen atoms in total. The Labute approximate surface area is 263 Å². The predicted molar refractivity (Wildman–Crippen MR) is 168 cm³/mol. The molecule has 1 aliphatic rings. The highest BCUT2D eigenvalue weighted by Gasteiger charge is 2.34. The number of ketones is 1. The minimum atomic E-state index is -0.725. The molecular formula is C33H31N5O8. The van der Waals surface area contributed by atoms with Gasteiger partial charge < -0.3 is 34.9 Å². The molecule has 3 aromatic carbocycles. The number of rotatable bonds is 7. The molecule has 0 spiro atoms. The molecule has 46 heavy (non-hydrogen) atoms. The number of ether oxygens (including phenoxy) is 2. The van der Waals surface area contributed by atoms with E-state index in [2.05, 4.69) is 15.6 Å². The largest absolute Gasteiger partial charge is 0.465 e. The molecule has 1 atom stereocenters. The van der Waals surface area contributed by atoms with Gasteiger partial charge in [-0.25, -0.2) is 14.4 Å². The van der Waals surface area contributed by atoms with Crippen LogP contribution in [0, 0.1) is 0 Å². The number of hydrogen-bond donors (Lipinski definition) is 3. The second-order valence-corrected chi connectivity index (χ2v) is 10.6. The van der Waals surface area contributed by atoms with Crippen LogP contribution in [0.15, 0.2) is 72.9 Å². The average Bonchev–Trinajstić information content (AvgIpc) is 3.52. The Morgan fingerprint density at radius 1 is 0.804 bits per heavy atom. The summed E-state index contributed by atoms with van der Waals surface area (Å²) in [6.45, 7) is 2.57. The van der Waals surface area contributed by atoms with E-state index in [0.29, 0.717) is 22.2 Å². The molecule has 13 heteroatoms. The lowest BCUT2D eigenvalue weighted by Gasteiger charge is -2.39. The number of carbonyl (C=O) groups is 6. The van der Waals surface area contributed by atoms with Crippen LogP contribution in [0.3, 0.4) is 0 Å². The number of H-pyrrole nitrogens is 1. The fourth-order valence-electron chi connectivity index (χ4n) is 5.35. The summed E-state index contributed by atoms with van der Waals surface area (Å²) in [5, 5.41) is 5.68. The molecular weight excluding hydrogens is 594 g/mol. The second-order valence-electron chi connectivity index (χ2n) is 10.6. The molecule has 0 bridgehead atoms. The van der Waals surface area contributed by atoms with Crippen LogP contribution in [0.2, 0.25) is 0 Å². The van der Waals surface area contributed by atoms with Gasteiger partial charge in [-0.2, -0.15) is 0 Å². The van der Waals surface area contributed by atoms with Crippen LogP contribution in [0.5, 0.6) is 0 Å². The van der Waals surface area contributed by atoms with Gasteiger partial charge in [0.1, 0.15) is 0 Å². The quantitative estimate of drug-likeness (QED) is 0.158. The number of esters is 2. The highest BCUT2D eigenvalue weighted by atomic mass is 16.5. The Kier molecular flexibility index (Phi) is 9.12. The minimum Gasteiger partial charge on any atom is -0.465 e. The SMILES string of the molecule is COC(=O)c1cc(NC(=O)Nc2cccc3c(C(=O)C(=O)N4CCN(C(=O)c5ccccc5)CC4C)c[nH]c23)cc(C(=O)OC)c1. The number of hydrogen-bond acceptors (Lipinski definition) is 8. The van der Waals surface area contributed by atoms with Crippen molar-refractivity contribution in [3.05, 3.63) is 95.2 Å². The molecule has 1 aliphatic heterocycles. The number of carbonyl (C=O) groups excluding carboxylic acids is 6. The molecule has 1 aromatic heterocycles. The average molecular weight is 626 g/mol. The Hall–Kier alpha value is -5.98. The highest BCUT2D eigenvalue weighted by Crippen LogP contribution is 2.27. The van der Waals surface area contributed by atoms with Gasteiger partial charge in [0.25, 0.3) is 17.6 Å². The summed E-state index contributed by atoms with van der Waals surface area (Å²) in [6.07, 6.45) is 1.41. The van der Waals surface area contributed by atoms with Gasteiger partial charge in [0.15, 0.2) is 0 Å². The molecule has 4 amide bonds. The summed E-state index contributed by atoms with van der Waals surface area (Å²) in [5.41, 5.74) is 1.58. The van der Waals surface area contributed by atoms with Crippen molar-refractivity contribution in [2.75, 3.05) is 44.5 Å². The summed E-state index contributed by atoms with van der Waals surface area (Å²) >= 11 is 0. The number of piperazine rings is 1. The molecule has 0 radical (unpaired) electrons. The second kappa shape index (κ2) is 13.3. The van der Waals surface area contributed by atoms with Gasteiger partial charge in [-0.1, -0.05) is 30.3 Å². The lowest BCUT2D eigenvalue weighted by atomic mass is 10.1. The van der Waals surface area contributed by atoms with E-state index in [9.17, 15) is 28.8 Å². The number of fused-ring (bicyclic) bond motifs is 1. The van der Waals surface area contributed by atoms with Crippen molar-refractivity contribution in [2.24, 2.45) is 0 Å². The smallest absolute Gasteiger partial charge is 0.337 e. The Bertz CT molecular complexity index is 1820. The fourth-order valence-corrected chi connectivity index (χ4v) is 5.35. The Balaban J connectivity index is 1.29. The lowest BCUT2D eigenvalue weighted by molar-refractivity contribution is -0.130. The zero-order valence-electron chi connectivity index (χ0n) is 25.3. The number of anilines is 2. The number of urea groups is 1. The molecule has 1 saturated heterocycles. The Morgan fingerprint density at radius 2 is 1.48 bits per heavy atom. The van der Waals surface area contributed by atoms with E-state index in [1.54, 1.807) is 54.3 Å². The van der Waals surface area contributed by atoms with Gasteiger partial charge in [0, 0.05) is 48.5 Å². The van der Waals surface area contributed by atoms with Crippen LogP contribution in [-0.4, -0.2) is 90.2 Å². The molecule has 4 aromatic rings. The third-order valence-corrected chi connectivity index (χ3v) is 7.63. The normalized spacial score (nSPS) is 14.4. The summed E-state index contributed by atoms with van der Waals surface area (Å²) in [6, 6.07) is 16.6. The summed E-state index contributed by atoms with van der Waals surface area (Å²) in [4.78, 5) is 83.0. The maximum atomic E-state index is 13.4. The number of nitrogens with zero attached hydrogens (tertiary/aromatic N) is 2. The van der Waals surface area contributed by atoms with Crippen molar-refractivity contribution in [1.82, 2.24) is 14.8 Å². The molecule has 3 N–H and O–H groups in total. The Morgan fingerprint density at radius 3 is 2.11 bits per heavy atom. The van der Waals surface area contributed by atoms with Gasteiger partial charge in [-0.05, 0) is 43.3 Å². The summed E-state index contributed by atoms with van der Waals surface area (Å²) in [7, 11) is 2.37. The number of para-hydroxylation sites is 1. The van der Waals surface area contributed by atoms with Crippen molar-refractivity contribution in [3.8, 4) is 0 Å². The topological polar surface area (TPSA) is 167 Å². The lowest BCUT2D eigenvalue weighted by Crippen LogP contribution is -2.56. The molecule has 5 rings (SSSR count). The summed E-state index contributed by atoms with van der Waals surface area (Å²) in [5.74, 6) is -2.98. The number of nitrogens with one attached hydrogen (secondary N) is 3. The van der Waals surface area contributed by atoms with Gasteiger partial charge in [-0.3, -0.25) is 14.4 Å². The summed E-state index contributed by atoms with van der Waals surface area (Å²) < 4.78 is 9.46. The minimum absolute atomic E-state index is 0.0264. The standard InChI is InChI=1S/C33H31N5O8/c1-19-18-37(29(40)20-8-5-4-6-9-20)12-13-38(19)30(41)28(39)25-17-34-27-24(25)10-7-11-26(27)36-33(44)35-23-15-21(31(42)45-2)14-22(16-23)32(43)46-3/h4-11,14-17,19,34H,12-13,18H2,1-3H3,(H2,35,36,44). The van der Waals surface area contributed by atoms with Crippen molar-refractivity contribution in [1.29, 1.82) is 0 Å². The third kappa shape index (κ3) is 6.43. The number of amides is 4. The third-order valence-electron chi connectivity index (χ3n) is 7.63. The van der Waals surface area contributed by atoms with Crippen LogP contribution in [0.1, 0.15) is 48.4 Å². The van der Waals surface area contributed by atoms with Crippen molar-refractivity contribution >= 4 is 57.8 Å². The van der Waals surface area contributed by atoms with Gasteiger partial charge in [0.2, 0.25) is 0 Å². The monoisotopic (exact) mass is 625 g/mol. The van der Waals surface area contributed by atoms with E-state index < -0.39 is 29.7 Å². The molecule has 0 aliphatic carbocycles. The number of aromatic amines is 1. The van der Waals surface area contributed by atoms with Crippen LogP contribution >= 0.6 is 0 Å². The molecule has 1 fully saturated rings. The first kappa shape index (κ1) is 31.4. The first-order valence-electron chi connectivity index (χ1n) is 14.3. The fraction of sp³-hybridized carbons (Fsp3) is 0.212. The van der Waals surface area contributed by atoms with Crippen molar-refractivity contribution < 1.29 is 38.2 Å². The van der Waals surface area contributed by atoms with Crippen LogP contribution in [0.25, 0.3) is 10.9 Å². The van der Waals surface area contributed by atoms with Gasteiger partial charge >= 0.3 is 18.0 Å². The highest BCUT2D eigenvalue weighted by molar-refractivity contribution is 6.45. The van der Waals surface area contributed by atoms with Crippen LogP contribution in [-0.2, 0) is 14.3 Å². The predicted octanol–water partition coefficient (Wildman–Crippen LogP) is 3.94. The number of benzene rings is 3. The maximum absolute atomic E-state index is 13.4. The van der Waals surface area contributed by atoms with Crippen molar-refractivity contribution in [2.45, 2.75) is 13.0 Å². The number of aromatic nitrogens is 1. The molecule has 236 valence electrons. The van der Waals surface area contributed by atoms with E-state index in [1.807, 2.05) is 6.07 Å². The van der Waals surface area contributed by atoms with E-state index in [4.69, 9.17) is 9.47 Å². The van der Waals surface area contributed by atoms with Crippen LogP contribution in [0.4, 0.5) is 16.2 Å². The van der Waals surface area contributed by atoms with Crippen molar-refractivity contribution in [3.63, 3.8) is 0 Å². The zero-order valence-corrected chi connectivity index (χ0v) is 25.3.